The van der Waals surface area contributed by atoms with Crippen LogP contribution in [0.4, 0.5) is 0 Å². The van der Waals surface area contributed by atoms with Gasteiger partial charge in [-0.1, -0.05) is 30.3 Å². The molecule has 2 saturated heterocycles. The third-order valence-electron chi connectivity index (χ3n) is 6.57. The second kappa shape index (κ2) is 11.5. The lowest BCUT2D eigenvalue weighted by atomic mass is 10.1. The number of amides is 1. The van der Waals surface area contributed by atoms with Gasteiger partial charge >= 0.3 is 0 Å². The largest absolute Gasteiger partial charge is 0.490 e. The lowest BCUT2D eigenvalue weighted by Crippen LogP contribution is -2.49. The molecule has 0 spiro atoms. The number of nitrogens with zero attached hydrogens (tertiary/aromatic N) is 3. The normalized spacial score (nSPS) is 18.6. The van der Waals surface area contributed by atoms with Crippen LogP contribution in [-0.4, -0.2) is 90.8 Å². The van der Waals surface area contributed by atoms with E-state index in [-0.39, 0.29) is 18.6 Å². The number of rotatable bonds is 8. The van der Waals surface area contributed by atoms with Gasteiger partial charge in [0, 0.05) is 57.9 Å². The molecular weight excluding hydrogens is 402 g/mol. The van der Waals surface area contributed by atoms with Crippen LogP contribution in [0.2, 0.25) is 0 Å². The minimum absolute atomic E-state index is 0.0759. The number of carbonyl (C=O) groups is 1. The lowest BCUT2D eigenvalue weighted by molar-refractivity contribution is 0.0615. The van der Waals surface area contributed by atoms with Gasteiger partial charge in [-0.15, -0.1) is 0 Å². The van der Waals surface area contributed by atoms with E-state index < -0.39 is 0 Å². The molecule has 32 heavy (non-hydrogen) atoms. The summed E-state index contributed by atoms with van der Waals surface area (Å²) in [7, 11) is 0. The maximum absolute atomic E-state index is 12.8. The Morgan fingerprint density at radius 1 is 0.844 bits per heavy atom. The zero-order chi connectivity index (χ0) is 22.2. The summed E-state index contributed by atoms with van der Waals surface area (Å²) < 4.78 is 6.21. The van der Waals surface area contributed by atoms with Crippen molar-refractivity contribution in [2.45, 2.75) is 25.4 Å². The topological polar surface area (TPSA) is 56.2 Å². The van der Waals surface area contributed by atoms with E-state index in [1.165, 1.54) is 5.56 Å². The van der Waals surface area contributed by atoms with E-state index in [0.29, 0.717) is 25.2 Å². The Balaban J connectivity index is 1.19. The number of hydrogen-bond donors (Lipinski definition) is 1. The van der Waals surface area contributed by atoms with Crippen molar-refractivity contribution in [3.63, 3.8) is 0 Å². The highest BCUT2D eigenvalue weighted by molar-refractivity contribution is 5.94. The van der Waals surface area contributed by atoms with Crippen molar-refractivity contribution in [2.24, 2.45) is 0 Å². The number of aliphatic hydroxyl groups excluding tert-OH is 1. The first-order valence-electron chi connectivity index (χ1n) is 11.9. The molecule has 1 N–H and O–H groups in total. The third-order valence-corrected chi connectivity index (χ3v) is 6.57. The summed E-state index contributed by atoms with van der Waals surface area (Å²) in [6.07, 6.45) is 3.41. The molecule has 2 fully saturated rings. The van der Waals surface area contributed by atoms with E-state index in [1.54, 1.807) is 0 Å². The number of benzene rings is 2. The predicted octanol–water partition coefficient (Wildman–Crippen LogP) is 2.52. The monoisotopic (exact) mass is 437 g/mol. The van der Waals surface area contributed by atoms with Crippen molar-refractivity contribution in [3.8, 4) is 5.75 Å². The van der Waals surface area contributed by atoms with E-state index >= 15 is 0 Å². The molecule has 0 aromatic heterocycles. The quantitative estimate of drug-likeness (QED) is 0.688. The van der Waals surface area contributed by atoms with Crippen LogP contribution in [0.25, 0.3) is 0 Å². The molecule has 172 valence electrons. The molecule has 0 aliphatic carbocycles. The van der Waals surface area contributed by atoms with Crippen molar-refractivity contribution < 1.29 is 14.6 Å². The van der Waals surface area contributed by atoms with Gasteiger partial charge in [0.05, 0.1) is 6.61 Å². The minimum Gasteiger partial charge on any atom is -0.490 e. The maximum Gasteiger partial charge on any atom is 0.253 e. The van der Waals surface area contributed by atoms with Gasteiger partial charge in [-0.25, -0.2) is 0 Å². The van der Waals surface area contributed by atoms with E-state index in [4.69, 9.17) is 9.84 Å². The van der Waals surface area contributed by atoms with E-state index in [9.17, 15) is 4.79 Å². The summed E-state index contributed by atoms with van der Waals surface area (Å²) in [5.41, 5.74) is 2.11. The second-order valence-corrected chi connectivity index (χ2v) is 8.78. The summed E-state index contributed by atoms with van der Waals surface area (Å²) in [5.74, 6) is 0.920. The van der Waals surface area contributed by atoms with Crippen LogP contribution in [0.3, 0.4) is 0 Å². The van der Waals surface area contributed by atoms with Crippen LogP contribution in [0, 0.1) is 0 Å². The number of piperidine rings is 1. The molecule has 2 heterocycles. The molecular formula is C26H35N3O3. The van der Waals surface area contributed by atoms with Gasteiger partial charge in [-0.2, -0.15) is 0 Å². The lowest BCUT2D eigenvalue weighted by Gasteiger charge is -2.34. The first kappa shape index (κ1) is 22.8. The van der Waals surface area contributed by atoms with Crippen LogP contribution in [0.15, 0.2) is 54.6 Å². The molecule has 2 aromatic carbocycles. The van der Waals surface area contributed by atoms with Gasteiger partial charge in [0.2, 0.25) is 0 Å². The minimum atomic E-state index is 0.0759. The van der Waals surface area contributed by atoms with Crippen molar-refractivity contribution in [3.05, 3.63) is 65.7 Å². The Morgan fingerprint density at radius 3 is 2.16 bits per heavy atom. The van der Waals surface area contributed by atoms with E-state index in [2.05, 4.69) is 40.1 Å². The number of likely N-dealkylation sites (tertiary alicyclic amines) is 1. The van der Waals surface area contributed by atoms with Crippen molar-refractivity contribution in [2.75, 3.05) is 59.0 Å². The average Bonchev–Trinajstić information content (AvgIpc) is 2.85. The molecule has 6 heteroatoms. The molecule has 0 saturated carbocycles. The van der Waals surface area contributed by atoms with Crippen LogP contribution in [0.1, 0.15) is 28.8 Å². The molecule has 2 aliphatic rings. The predicted molar refractivity (Wildman–Crippen MR) is 126 cm³/mol. The number of ether oxygens (including phenoxy) is 1. The zero-order valence-corrected chi connectivity index (χ0v) is 18.9. The highest BCUT2D eigenvalue weighted by Gasteiger charge is 2.23. The number of aliphatic hydroxyl groups is 1. The summed E-state index contributed by atoms with van der Waals surface area (Å²) in [6.45, 7) is 7.13. The van der Waals surface area contributed by atoms with Gasteiger partial charge in [0.1, 0.15) is 11.9 Å². The Labute approximate surface area is 191 Å². The highest BCUT2D eigenvalue weighted by Crippen LogP contribution is 2.21. The summed E-state index contributed by atoms with van der Waals surface area (Å²) in [6, 6.07) is 18.3. The zero-order valence-electron chi connectivity index (χ0n) is 18.9. The first-order valence-corrected chi connectivity index (χ1v) is 11.9. The van der Waals surface area contributed by atoms with Gasteiger partial charge in [0.15, 0.2) is 0 Å². The van der Waals surface area contributed by atoms with E-state index in [0.717, 1.165) is 57.7 Å². The van der Waals surface area contributed by atoms with Crippen LogP contribution < -0.4 is 4.74 Å². The van der Waals surface area contributed by atoms with Crippen LogP contribution in [0.5, 0.6) is 5.75 Å². The molecule has 2 aliphatic heterocycles. The summed E-state index contributed by atoms with van der Waals surface area (Å²) in [4.78, 5) is 19.4. The molecule has 1 amide bonds. The fourth-order valence-corrected chi connectivity index (χ4v) is 4.55. The fraction of sp³-hybridized carbons (Fsp3) is 0.500. The molecule has 0 atom stereocenters. The third kappa shape index (κ3) is 6.31. The second-order valence-electron chi connectivity index (χ2n) is 8.78. The summed E-state index contributed by atoms with van der Waals surface area (Å²) in [5, 5.41) is 9.06. The number of piperazine rings is 1. The van der Waals surface area contributed by atoms with Gasteiger partial charge in [0.25, 0.3) is 5.91 Å². The molecule has 2 aromatic rings. The van der Waals surface area contributed by atoms with Gasteiger partial charge < -0.3 is 19.6 Å². The smallest absolute Gasteiger partial charge is 0.253 e. The van der Waals surface area contributed by atoms with Crippen LogP contribution in [-0.2, 0) is 6.42 Å². The Morgan fingerprint density at radius 2 is 1.50 bits per heavy atom. The van der Waals surface area contributed by atoms with Crippen molar-refractivity contribution >= 4 is 5.91 Å². The maximum atomic E-state index is 12.8. The van der Waals surface area contributed by atoms with Crippen molar-refractivity contribution in [1.82, 2.24) is 14.7 Å². The fourth-order valence-electron chi connectivity index (χ4n) is 4.55. The number of carbonyl (C=O) groups excluding carboxylic acids is 1. The highest BCUT2D eigenvalue weighted by atomic mass is 16.5. The average molecular weight is 438 g/mol. The number of β-amino-alcohol motifs (C(OH)–C–C–N with tert-alkyl or cyclic N) is 1. The SMILES string of the molecule is O=C(c1ccc(OC2CCN(CCc3ccccc3)CC2)cc1)N1CCN(CCO)CC1. The molecule has 0 unspecified atom stereocenters. The molecule has 0 radical (unpaired) electrons. The van der Waals surface area contributed by atoms with E-state index in [1.807, 2.05) is 29.2 Å². The van der Waals surface area contributed by atoms with Crippen molar-refractivity contribution in [1.29, 1.82) is 0 Å². The Kier molecular flexibility index (Phi) is 8.15. The Hall–Kier alpha value is -2.41. The van der Waals surface area contributed by atoms with Gasteiger partial charge in [-0.3, -0.25) is 9.69 Å². The van der Waals surface area contributed by atoms with Crippen LogP contribution >= 0.6 is 0 Å². The first-order chi connectivity index (χ1) is 15.7. The Bertz CT molecular complexity index is 827. The summed E-state index contributed by atoms with van der Waals surface area (Å²) >= 11 is 0. The standard InChI is InChI=1S/C26H35N3O3/c30-21-20-28-16-18-29(19-17-28)26(31)23-6-8-24(9-7-23)32-25-11-14-27(15-12-25)13-10-22-4-2-1-3-5-22/h1-9,25,30H,10-21H2. The van der Waals surface area contributed by atoms with Gasteiger partial charge in [-0.05, 0) is 49.1 Å². The molecule has 4 rings (SSSR count). The molecule has 0 bridgehead atoms. The molecule has 6 nitrogen and oxygen atoms in total. The number of hydrogen-bond acceptors (Lipinski definition) is 5.